The Morgan fingerprint density at radius 3 is 2.56 bits per heavy atom. The molecule has 0 amide bonds. The third-order valence-corrected chi connectivity index (χ3v) is 3.96. The van der Waals surface area contributed by atoms with Crippen LogP contribution in [0.15, 0.2) is 0 Å². The summed E-state index contributed by atoms with van der Waals surface area (Å²) in [4.78, 5) is 23.3. The van der Waals surface area contributed by atoms with Gasteiger partial charge in [0, 0.05) is 22.0 Å². The fourth-order valence-electron chi connectivity index (χ4n) is 2.70. The summed E-state index contributed by atoms with van der Waals surface area (Å²) in [5.74, 6) is 0.248. The molecule has 0 aromatic rings. The van der Waals surface area contributed by atoms with Crippen LogP contribution >= 0.6 is 0 Å². The van der Waals surface area contributed by atoms with E-state index in [1.165, 1.54) is 0 Å². The average molecular weight is 256 g/mol. The highest BCUT2D eigenvalue weighted by molar-refractivity contribution is 5.51. The first-order chi connectivity index (χ1) is 8.32. The van der Waals surface area contributed by atoms with E-state index in [1.54, 1.807) is 0 Å². The zero-order valence-electron chi connectivity index (χ0n) is 12.1. The Balaban J connectivity index is 2.77. The van der Waals surface area contributed by atoms with Gasteiger partial charge in [-0.15, -0.1) is 0 Å². The number of aldehydes is 1. The molecule has 18 heavy (non-hydrogen) atoms. The highest BCUT2D eigenvalue weighted by atomic mass is 16.5. The summed E-state index contributed by atoms with van der Waals surface area (Å²) >= 11 is 0. The molecule has 0 aliphatic heterocycles. The van der Waals surface area contributed by atoms with Crippen molar-refractivity contribution in [2.45, 2.75) is 70.9 Å². The molecule has 1 saturated carbocycles. The molecule has 0 N–H and O–H groups in total. The Morgan fingerprint density at radius 2 is 2.06 bits per heavy atom. The molecule has 0 aromatic heterocycles. The van der Waals surface area contributed by atoms with Crippen LogP contribution < -0.4 is 0 Å². The van der Waals surface area contributed by atoms with Crippen molar-refractivity contribution in [1.29, 1.82) is 0 Å². The molecule has 0 bridgehead atoms. The SMILES string of the molecule is CC1CCCCC1(CC=O)[N+](=O)COC(C)(C)C. The van der Waals surface area contributed by atoms with Gasteiger partial charge in [0.25, 0.3) is 6.73 Å². The Bertz CT molecular complexity index is 309. The van der Waals surface area contributed by atoms with Crippen LogP contribution in [0.3, 0.4) is 0 Å². The molecular weight excluding hydrogens is 230 g/mol. The van der Waals surface area contributed by atoms with E-state index in [9.17, 15) is 9.70 Å². The number of rotatable bonds is 5. The molecule has 104 valence electrons. The van der Waals surface area contributed by atoms with Crippen LogP contribution in [0, 0.1) is 10.8 Å². The van der Waals surface area contributed by atoms with Crippen LogP contribution in [0.2, 0.25) is 0 Å². The Hall–Kier alpha value is -0.770. The minimum atomic E-state index is -0.550. The van der Waals surface area contributed by atoms with Gasteiger partial charge in [-0.1, -0.05) is 13.3 Å². The van der Waals surface area contributed by atoms with Gasteiger partial charge in [0.1, 0.15) is 6.29 Å². The molecule has 0 spiro atoms. The van der Waals surface area contributed by atoms with Crippen molar-refractivity contribution in [3.05, 3.63) is 4.91 Å². The van der Waals surface area contributed by atoms with E-state index in [2.05, 4.69) is 6.92 Å². The predicted molar refractivity (Wildman–Crippen MR) is 70.4 cm³/mol. The minimum Gasteiger partial charge on any atom is -0.315 e. The molecule has 2 unspecified atom stereocenters. The topological polar surface area (TPSA) is 46.4 Å². The molecule has 4 heteroatoms. The quantitative estimate of drug-likeness (QED) is 0.431. The van der Waals surface area contributed by atoms with Crippen molar-refractivity contribution < 1.29 is 14.3 Å². The number of carbonyl (C=O) groups is 1. The maximum Gasteiger partial charge on any atom is 0.296 e. The van der Waals surface area contributed by atoms with Gasteiger partial charge in [-0.05, 0) is 33.6 Å². The molecule has 1 aliphatic carbocycles. The van der Waals surface area contributed by atoms with Crippen molar-refractivity contribution in [3.63, 3.8) is 0 Å². The van der Waals surface area contributed by atoms with Gasteiger partial charge in [-0.25, -0.2) is 0 Å². The highest BCUT2D eigenvalue weighted by Gasteiger charge is 2.51. The normalized spacial score (nSPS) is 29.0. The number of nitrogens with zero attached hydrogens (tertiary/aromatic N) is 1. The van der Waals surface area contributed by atoms with E-state index in [1.807, 2.05) is 20.8 Å². The maximum atomic E-state index is 12.4. The van der Waals surface area contributed by atoms with Crippen molar-refractivity contribution in [2.75, 3.05) is 6.73 Å². The fraction of sp³-hybridized carbons (Fsp3) is 0.929. The highest BCUT2D eigenvalue weighted by Crippen LogP contribution is 2.38. The van der Waals surface area contributed by atoms with E-state index in [-0.39, 0.29) is 18.2 Å². The lowest BCUT2D eigenvalue weighted by molar-refractivity contribution is -0.671. The zero-order valence-corrected chi connectivity index (χ0v) is 12.1. The number of ether oxygens (including phenoxy) is 1. The van der Waals surface area contributed by atoms with Crippen molar-refractivity contribution in [1.82, 2.24) is 0 Å². The zero-order chi connectivity index (χ0) is 13.8. The van der Waals surface area contributed by atoms with Gasteiger partial charge >= 0.3 is 0 Å². The monoisotopic (exact) mass is 256 g/mol. The summed E-state index contributed by atoms with van der Waals surface area (Å²) in [6.45, 7) is 7.90. The second-order valence-electron chi connectivity index (χ2n) is 6.39. The number of carbonyl (C=O) groups excluding carboxylic acids is 1. The molecule has 0 radical (unpaired) electrons. The Labute approximate surface area is 110 Å². The molecule has 0 aromatic carbocycles. The molecule has 1 fully saturated rings. The van der Waals surface area contributed by atoms with Crippen LogP contribution in [0.1, 0.15) is 59.8 Å². The summed E-state index contributed by atoms with van der Waals surface area (Å²) in [6.07, 6.45) is 5.17. The number of hydrogen-bond donors (Lipinski definition) is 0. The molecule has 1 aliphatic rings. The average Bonchev–Trinajstić information content (AvgIpc) is 2.28. The Kier molecular flexibility index (Phi) is 5.02. The van der Waals surface area contributed by atoms with E-state index in [0.717, 1.165) is 36.7 Å². The van der Waals surface area contributed by atoms with Crippen LogP contribution in [-0.4, -0.2) is 28.9 Å². The van der Waals surface area contributed by atoms with Gasteiger partial charge in [0.05, 0.1) is 12.0 Å². The summed E-state index contributed by atoms with van der Waals surface area (Å²) < 4.78 is 6.57. The molecular formula is C14H26NO3+. The lowest BCUT2D eigenvalue weighted by atomic mass is 9.72. The predicted octanol–water partition coefficient (Wildman–Crippen LogP) is 3.08. The first kappa shape index (κ1) is 15.3. The van der Waals surface area contributed by atoms with Gasteiger partial charge in [-0.3, -0.25) is 0 Å². The third kappa shape index (κ3) is 3.61. The smallest absolute Gasteiger partial charge is 0.296 e. The Morgan fingerprint density at radius 1 is 1.39 bits per heavy atom. The molecule has 0 saturated heterocycles. The summed E-state index contributed by atoms with van der Waals surface area (Å²) in [6, 6.07) is 0. The van der Waals surface area contributed by atoms with Gasteiger partial charge in [-0.2, -0.15) is 0 Å². The largest absolute Gasteiger partial charge is 0.315 e. The van der Waals surface area contributed by atoms with Gasteiger partial charge < -0.3 is 9.53 Å². The van der Waals surface area contributed by atoms with Crippen LogP contribution in [0.4, 0.5) is 0 Å². The maximum absolute atomic E-state index is 12.4. The first-order valence-corrected chi connectivity index (χ1v) is 6.84. The first-order valence-electron chi connectivity index (χ1n) is 6.84. The fourth-order valence-corrected chi connectivity index (χ4v) is 2.70. The third-order valence-electron chi connectivity index (χ3n) is 3.96. The van der Waals surface area contributed by atoms with Crippen molar-refractivity contribution in [2.24, 2.45) is 5.92 Å². The molecule has 1 rings (SSSR count). The summed E-state index contributed by atoms with van der Waals surface area (Å²) in [5.41, 5.74) is -0.881. The standard InChI is InChI=1S/C14H26NO3/c1-12-7-5-6-8-14(12,9-10-16)15(17)11-18-13(2,3)4/h10,12H,5-9,11H2,1-4H3/q+1. The van der Waals surface area contributed by atoms with E-state index < -0.39 is 5.54 Å². The minimum absolute atomic E-state index is 0.0433. The van der Waals surface area contributed by atoms with E-state index in [4.69, 9.17) is 4.74 Å². The lowest BCUT2D eigenvalue weighted by Gasteiger charge is -2.34. The van der Waals surface area contributed by atoms with Crippen LogP contribution in [0.25, 0.3) is 0 Å². The molecule has 2 atom stereocenters. The second-order valence-corrected chi connectivity index (χ2v) is 6.39. The van der Waals surface area contributed by atoms with E-state index >= 15 is 0 Å². The van der Waals surface area contributed by atoms with Crippen LogP contribution in [0.5, 0.6) is 0 Å². The molecule has 0 heterocycles. The lowest BCUT2D eigenvalue weighted by Crippen LogP contribution is -2.50. The number of hydrogen-bond acceptors (Lipinski definition) is 3. The number of nitroso groups, excluding NO2 is 1. The molecule has 4 nitrogen and oxygen atoms in total. The van der Waals surface area contributed by atoms with Crippen molar-refractivity contribution in [3.8, 4) is 0 Å². The van der Waals surface area contributed by atoms with Gasteiger partial charge in [0.15, 0.2) is 0 Å². The van der Waals surface area contributed by atoms with Crippen LogP contribution in [-0.2, 0) is 9.53 Å². The summed E-state index contributed by atoms with van der Waals surface area (Å²) in [7, 11) is 0. The van der Waals surface area contributed by atoms with Gasteiger partial charge in [0.2, 0.25) is 5.54 Å². The van der Waals surface area contributed by atoms with E-state index in [0.29, 0.717) is 6.42 Å². The second kappa shape index (κ2) is 5.91. The van der Waals surface area contributed by atoms with Crippen molar-refractivity contribution >= 4 is 6.29 Å². The summed E-state index contributed by atoms with van der Waals surface area (Å²) in [5, 5.41) is 0.